The maximum absolute atomic E-state index is 5.79. The zero-order valence-electron chi connectivity index (χ0n) is 6.87. The van der Waals surface area contributed by atoms with Crippen LogP contribution in [0.4, 0.5) is 0 Å². The highest BCUT2D eigenvalue weighted by atomic mass is 35.5. The lowest BCUT2D eigenvalue weighted by molar-refractivity contribution is 0.942. The molecule has 0 unspecified atom stereocenters. The Labute approximate surface area is 80.7 Å². The Hall–Kier alpha value is -1.35. The van der Waals surface area contributed by atoms with Crippen LogP contribution >= 0.6 is 11.6 Å². The first-order chi connectivity index (χ1) is 6.42. The summed E-state index contributed by atoms with van der Waals surface area (Å²) in [5, 5.41) is 10.3. The van der Waals surface area contributed by atoms with Crippen molar-refractivity contribution in [3.05, 3.63) is 36.0 Å². The average molecular weight is 194 g/mol. The Morgan fingerprint density at radius 3 is 2.85 bits per heavy atom. The number of nitrogens with one attached hydrogen (secondary N) is 1. The van der Waals surface area contributed by atoms with Gasteiger partial charge in [-0.15, -0.1) is 11.6 Å². The van der Waals surface area contributed by atoms with Crippen LogP contribution in [0.5, 0.6) is 0 Å². The lowest BCUT2D eigenvalue weighted by Gasteiger charge is -2.01. The molecule has 2 aromatic rings. The van der Waals surface area contributed by atoms with Crippen molar-refractivity contribution >= 4 is 11.6 Å². The van der Waals surface area contributed by atoms with E-state index >= 15 is 0 Å². The van der Waals surface area contributed by atoms with Gasteiger partial charge < -0.3 is 0 Å². The minimum absolute atomic E-state index is 0.489. The van der Waals surface area contributed by atoms with Gasteiger partial charge in [0.1, 0.15) is 5.69 Å². The van der Waals surface area contributed by atoms with Crippen molar-refractivity contribution in [1.29, 1.82) is 0 Å². The van der Waals surface area contributed by atoms with Crippen molar-refractivity contribution in [2.24, 2.45) is 0 Å². The summed E-state index contributed by atoms with van der Waals surface area (Å²) in [5.41, 5.74) is 2.93. The molecule has 1 heterocycles. The molecular weight excluding hydrogens is 186 g/mol. The van der Waals surface area contributed by atoms with Gasteiger partial charge in [-0.2, -0.15) is 15.4 Å². The highest BCUT2D eigenvalue weighted by molar-refractivity contribution is 6.17. The van der Waals surface area contributed by atoms with E-state index in [0.717, 1.165) is 16.8 Å². The highest BCUT2D eigenvalue weighted by Crippen LogP contribution is 2.21. The predicted octanol–water partition coefficient (Wildman–Crippen LogP) is 2.21. The van der Waals surface area contributed by atoms with Gasteiger partial charge in [0.05, 0.1) is 6.20 Å². The number of aromatic nitrogens is 3. The van der Waals surface area contributed by atoms with Crippen molar-refractivity contribution in [3.63, 3.8) is 0 Å². The average Bonchev–Trinajstić information content (AvgIpc) is 2.70. The summed E-state index contributed by atoms with van der Waals surface area (Å²) in [6, 6.07) is 7.88. The SMILES string of the molecule is ClCc1ccccc1-c1cn[nH]n1. The molecule has 13 heavy (non-hydrogen) atoms. The van der Waals surface area contributed by atoms with Crippen LogP contribution in [0.3, 0.4) is 0 Å². The highest BCUT2D eigenvalue weighted by Gasteiger charge is 2.04. The second kappa shape index (κ2) is 3.58. The number of benzene rings is 1. The summed E-state index contributed by atoms with van der Waals surface area (Å²) in [5.74, 6) is 0.489. The summed E-state index contributed by atoms with van der Waals surface area (Å²) in [6.07, 6.45) is 1.69. The molecule has 1 aromatic carbocycles. The van der Waals surface area contributed by atoms with Gasteiger partial charge in [0.2, 0.25) is 0 Å². The van der Waals surface area contributed by atoms with Crippen LogP contribution < -0.4 is 0 Å². The second-order valence-electron chi connectivity index (χ2n) is 2.65. The van der Waals surface area contributed by atoms with Crippen LogP contribution in [0, 0.1) is 0 Å². The second-order valence-corrected chi connectivity index (χ2v) is 2.91. The van der Waals surface area contributed by atoms with Crippen molar-refractivity contribution in [1.82, 2.24) is 15.4 Å². The van der Waals surface area contributed by atoms with E-state index in [1.54, 1.807) is 6.20 Å². The molecule has 1 N–H and O–H groups in total. The Morgan fingerprint density at radius 1 is 1.31 bits per heavy atom. The van der Waals surface area contributed by atoms with Crippen LogP contribution in [0.25, 0.3) is 11.3 Å². The molecule has 0 aliphatic heterocycles. The fourth-order valence-corrected chi connectivity index (χ4v) is 1.45. The fraction of sp³-hybridized carbons (Fsp3) is 0.111. The smallest absolute Gasteiger partial charge is 0.113 e. The number of rotatable bonds is 2. The molecule has 4 heteroatoms. The van der Waals surface area contributed by atoms with Gasteiger partial charge >= 0.3 is 0 Å². The van der Waals surface area contributed by atoms with Gasteiger partial charge in [-0.25, -0.2) is 0 Å². The zero-order valence-corrected chi connectivity index (χ0v) is 7.62. The topological polar surface area (TPSA) is 41.6 Å². The number of hydrogen-bond donors (Lipinski definition) is 1. The van der Waals surface area contributed by atoms with E-state index < -0.39 is 0 Å². The number of halogens is 1. The third-order valence-corrected chi connectivity index (χ3v) is 2.14. The molecule has 0 amide bonds. The van der Waals surface area contributed by atoms with Crippen molar-refractivity contribution < 1.29 is 0 Å². The molecule has 2 rings (SSSR count). The molecule has 66 valence electrons. The van der Waals surface area contributed by atoms with Crippen LogP contribution in [0.2, 0.25) is 0 Å². The van der Waals surface area contributed by atoms with Crippen LogP contribution in [0.1, 0.15) is 5.56 Å². The molecule has 0 saturated carbocycles. The monoisotopic (exact) mass is 193 g/mol. The Balaban J connectivity index is 2.51. The summed E-state index contributed by atoms with van der Waals surface area (Å²) in [4.78, 5) is 0. The number of hydrogen-bond acceptors (Lipinski definition) is 2. The molecule has 0 aliphatic rings. The lowest BCUT2D eigenvalue weighted by Crippen LogP contribution is -1.85. The molecule has 0 atom stereocenters. The van der Waals surface area contributed by atoms with Gasteiger partial charge in [-0.05, 0) is 5.56 Å². The van der Waals surface area contributed by atoms with Gasteiger partial charge in [-0.1, -0.05) is 24.3 Å². The van der Waals surface area contributed by atoms with Crippen LogP contribution in [-0.2, 0) is 5.88 Å². The molecule has 0 radical (unpaired) electrons. The largest absolute Gasteiger partial charge is 0.197 e. The third-order valence-electron chi connectivity index (χ3n) is 1.85. The predicted molar refractivity (Wildman–Crippen MR) is 51.4 cm³/mol. The number of H-pyrrole nitrogens is 1. The minimum Gasteiger partial charge on any atom is -0.197 e. The standard InChI is InChI=1S/C9H8ClN3/c10-5-7-3-1-2-4-8(7)9-6-11-13-12-9/h1-4,6H,5H2,(H,11,12,13). The minimum atomic E-state index is 0.489. The molecule has 0 aliphatic carbocycles. The van der Waals surface area contributed by atoms with E-state index in [1.165, 1.54) is 0 Å². The van der Waals surface area contributed by atoms with Crippen molar-refractivity contribution in [2.75, 3.05) is 0 Å². The van der Waals surface area contributed by atoms with E-state index in [0.29, 0.717) is 5.88 Å². The third kappa shape index (κ3) is 1.55. The summed E-state index contributed by atoms with van der Waals surface area (Å²) < 4.78 is 0. The molecular formula is C9H8ClN3. The van der Waals surface area contributed by atoms with Gasteiger partial charge in [0.15, 0.2) is 0 Å². The first kappa shape index (κ1) is 8.26. The van der Waals surface area contributed by atoms with Crippen LogP contribution in [0.15, 0.2) is 30.5 Å². The van der Waals surface area contributed by atoms with E-state index in [-0.39, 0.29) is 0 Å². The first-order valence-electron chi connectivity index (χ1n) is 3.92. The zero-order chi connectivity index (χ0) is 9.10. The number of aromatic amines is 1. The summed E-state index contributed by atoms with van der Waals surface area (Å²) >= 11 is 5.79. The van der Waals surface area contributed by atoms with E-state index in [2.05, 4.69) is 15.4 Å². The Morgan fingerprint density at radius 2 is 2.15 bits per heavy atom. The van der Waals surface area contributed by atoms with E-state index in [4.69, 9.17) is 11.6 Å². The van der Waals surface area contributed by atoms with Gasteiger partial charge in [0.25, 0.3) is 0 Å². The summed E-state index contributed by atoms with van der Waals surface area (Å²) in [7, 11) is 0. The first-order valence-corrected chi connectivity index (χ1v) is 4.45. The lowest BCUT2D eigenvalue weighted by atomic mass is 10.1. The molecule has 0 bridgehead atoms. The maximum atomic E-state index is 5.79. The number of nitrogens with zero attached hydrogens (tertiary/aromatic N) is 2. The number of alkyl halides is 1. The van der Waals surface area contributed by atoms with Crippen LogP contribution in [-0.4, -0.2) is 15.4 Å². The molecule has 0 fully saturated rings. The Kier molecular flexibility index (Phi) is 2.27. The Bertz CT molecular complexity index is 384. The van der Waals surface area contributed by atoms with Gasteiger partial charge in [-0.3, -0.25) is 0 Å². The molecule has 0 spiro atoms. The van der Waals surface area contributed by atoms with Crippen molar-refractivity contribution in [3.8, 4) is 11.3 Å². The molecule has 1 aromatic heterocycles. The molecule has 3 nitrogen and oxygen atoms in total. The van der Waals surface area contributed by atoms with E-state index in [1.807, 2.05) is 24.3 Å². The van der Waals surface area contributed by atoms with E-state index in [9.17, 15) is 0 Å². The molecule has 0 saturated heterocycles. The van der Waals surface area contributed by atoms with Crippen molar-refractivity contribution in [2.45, 2.75) is 5.88 Å². The normalized spacial score (nSPS) is 10.2. The maximum Gasteiger partial charge on any atom is 0.113 e. The summed E-state index contributed by atoms with van der Waals surface area (Å²) in [6.45, 7) is 0. The van der Waals surface area contributed by atoms with Gasteiger partial charge in [0, 0.05) is 11.4 Å². The fourth-order valence-electron chi connectivity index (χ4n) is 1.22. The quantitative estimate of drug-likeness (QED) is 0.743.